The van der Waals surface area contributed by atoms with Gasteiger partial charge in [0.2, 0.25) is 5.91 Å². The van der Waals surface area contributed by atoms with E-state index in [-0.39, 0.29) is 11.9 Å². The zero-order chi connectivity index (χ0) is 17.8. The van der Waals surface area contributed by atoms with Gasteiger partial charge in [-0.25, -0.2) is 0 Å². The van der Waals surface area contributed by atoms with Crippen LogP contribution >= 0.6 is 11.6 Å². The van der Waals surface area contributed by atoms with E-state index in [1.807, 2.05) is 56.4 Å². The maximum absolute atomic E-state index is 12.6. The Balaban J connectivity index is 1.65. The van der Waals surface area contributed by atoms with Crippen molar-refractivity contribution in [3.63, 3.8) is 0 Å². The molecule has 0 bridgehead atoms. The molecule has 0 fully saturated rings. The van der Waals surface area contributed by atoms with Crippen LogP contribution in [-0.4, -0.2) is 23.9 Å². The lowest BCUT2D eigenvalue weighted by Crippen LogP contribution is -2.38. The molecule has 4 heteroatoms. The molecule has 0 heterocycles. The molecule has 0 spiro atoms. The topological polar surface area (TPSA) is 32.3 Å². The van der Waals surface area contributed by atoms with E-state index in [0.29, 0.717) is 11.6 Å². The van der Waals surface area contributed by atoms with Crippen molar-refractivity contribution in [1.29, 1.82) is 0 Å². The fourth-order valence-electron chi connectivity index (χ4n) is 2.86. The van der Waals surface area contributed by atoms with Gasteiger partial charge in [0.05, 0.1) is 0 Å². The van der Waals surface area contributed by atoms with Gasteiger partial charge in [-0.1, -0.05) is 54.1 Å². The summed E-state index contributed by atoms with van der Waals surface area (Å²) in [7, 11) is 1.81. The van der Waals surface area contributed by atoms with Gasteiger partial charge < -0.3 is 10.2 Å². The van der Waals surface area contributed by atoms with E-state index in [1.54, 1.807) is 4.90 Å². The molecule has 1 N–H and O–H groups in total. The lowest BCUT2D eigenvalue weighted by Gasteiger charge is -2.23. The van der Waals surface area contributed by atoms with Crippen molar-refractivity contribution in [2.45, 2.75) is 19.5 Å². The predicted octanol–water partition coefficient (Wildman–Crippen LogP) is 4.95. The third-order valence-electron chi connectivity index (χ3n) is 4.21. The van der Waals surface area contributed by atoms with Gasteiger partial charge in [-0.15, -0.1) is 0 Å². The van der Waals surface area contributed by atoms with Crippen molar-refractivity contribution < 1.29 is 4.79 Å². The molecule has 0 saturated heterocycles. The quantitative estimate of drug-likeness (QED) is 0.704. The number of likely N-dealkylation sites (N-methyl/N-ethyl adjacent to an activating group) is 1. The van der Waals surface area contributed by atoms with Crippen molar-refractivity contribution in [3.8, 4) is 0 Å². The van der Waals surface area contributed by atoms with Crippen LogP contribution in [0.15, 0.2) is 66.7 Å². The maximum atomic E-state index is 12.6. The molecule has 1 amide bonds. The summed E-state index contributed by atoms with van der Waals surface area (Å²) in [4.78, 5) is 14.3. The number of amides is 1. The fourth-order valence-corrected chi connectivity index (χ4v) is 2.99. The van der Waals surface area contributed by atoms with Crippen LogP contribution < -0.4 is 5.32 Å². The first-order valence-electron chi connectivity index (χ1n) is 8.28. The average Bonchev–Trinajstić information content (AvgIpc) is 2.62. The SMILES string of the molecule is C[C@H](Nc1ccc2ccccc2c1)C(=O)N(C)Cc1ccc(Cl)cc1. The Morgan fingerprint density at radius 2 is 1.72 bits per heavy atom. The van der Waals surface area contributed by atoms with Crippen molar-refractivity contribution in [3.05, 3.63) is 77.3 Å². The van der Waals surface area contributed by atoms with Gasteiger partial charge in [0.15, 0.2) is 0 Å². The number of benzene rings is 3. The van der Waals surface area contributed by atoms with Crippen LogP contribution in [0.5, 0.6) is 0 Å². The molecule has 0 aliphatic carbocycles. The summed E-state index contributed by atoms with van der Waals surface area (Å²) in [5.74, 6) is 0.0445. The number of carbonyl (C=O) groups is 1. The van der Waals surface area contributed by atoms with E-state index < -0.39 is 0 Å². The minimum atomic E-state index is -0.307. The summed E-state index contributed by atoms with van der Waals surface area (Å²) in [6.07, 6.45) is 0. The minimum absolute atomic E-state index is 0.0445. The minimum Gasteiger partial charge on any atom is -0.374 e. The number of nitrogens with zero attached hydrogens (tertiary/aromatic N) is 1. The van der Waals surface area contributed by atoms with Gasteiger partial charge >= 0.3 is 0 Å². The molecule has 0 saturated carbocycles. The first-order valence-corrected chi connectivity index (χ1v) is 8.65. The van der Waals surface area contributed by atoms with Gasteiger partial charge in [0, 0.05) is 24.3 Å². The smallest absolute Gasteiger partial charge is 0.244 e. The second-order valence-electron chi connectivity index (χ2n) is 6.25. The highest BCUT2D eigenvalue weighted by atomic mass is 35.5. The second kappa shape index (κ2) is 7.58. The highest BCUT2D eigenvalue weighted by Gasteiger charge is 2.17. The van der Waals surface area contributed by atoms with Crippen LogP contribution in [0.3, 0.4) is 0 Å². The summed E-state index contributed by atoms with van der Waals surface area (Å²) in [5.41, 5.74) is 2.00. The molecule has 3 rings (SSSR count). The van der Waals surface area contributed by atoms with Gasteiger partial charge in [0.1, 0.15) is 6.04 Å². The number of hydrogen-bond acceptors (Lipinski definition) is 2. The van der Waals surface area contributed by atoms with Crippen LogP contribution in [0.25, 0.3) is 10.8 Å². The molecule has 0 aliphatic rings. The molecule has 0 radical (unpaired) electrons. The molecule has 3 aromatic carbocycles. The number of fused-ring (bicyclic) bond motifs is 1. The van der Waals surface area contributed by atoms with E-state index in [1.165, 1.54) is 5.39 Å². The first kappa shape index (κ1) is 17.3. The Morgan fingerprint density at radius 1 is 1.04 bits per heavy atom. The van der Waals surface area contributed by atoms with Crippen molar-refractivity contribution >= 4 is 34.0 Å². The Labute approximate surface area is 153 Å². The zero-order valence-electron chi connectivity index (χ0n) is 14.4. The van der Waals surface area contributed by atoms with Crippen LogP contribution in [0.2, 0.25) is 5.02 Å². The number of halogens is 1. The maximum Gasteiger partial charge on any atom is 0.244 e. The summed E-state index contributed by atoms with van der Waals surface area (Å²) in [6, 6.07) is 21.6. The number of carbonyl (C=O) groups excluding carboxylic acids is 1. The monoisotopic (exact) mass is 352 g/mol. The van der Waals surface area contributed by atoms with Crippen LogP contribution in [-0.2, 0) is 11.3 Å². The van der Waals surface area contributed by atoms with E-state index in [4.69, 9.17) is 11.6 Å². The molecule has 25 heavy (non-hydrogen) atoms. The second-order valence-corrected chi connectivity index (χ2v) is 6.69. The average molecular weight is 353 g/mol. The van der Waals surface area contributed by atoms with Gasteiger partial charge in [0.25, 0.3) is 0 Å². The molecule has 0 aromatic heterocycles. The van der Waals surface area contributed by atoms with Crippen molar-refractivity contribution in [2.75, 3.05) is 12.4 Å². The molecule has 0 unspecified atom stereocenters. The van der Waals surface area contributed by atoms with Crippen LogP contribution in [0, 0.1) is 0 Å². The highest BCUT2D eigenvalue weighted by molar-refractivity contribution is 6.30. The predicted molar refractivity (Wildman–Crippen MR) is 105 cm³/mol. The lowest BCUT2D eigenvalue weighted by atomic mass is 10.1. The van der Waals surface area contributed by atoms with E-state index in [9.17, 15) is 4.79 Å². The molecule has 3 aromatic rings. The summed E-state index contributed by atoms with van der Waals surface area (Å²) >= 11 is 5.90. The lowest BCUT2D eigenvalue weighted by molar-refractivity contribution is -0.130. The largest absolute Gasteiger partial charge is 0.374 e. The molecule has 0 aliphatic heterocycles. The van der Waals surface area contributed by atoms with Crippen molar-refractivity contribution in [2.24, 2.45) is 0 Å². The molecule has 1 atom stereocenters. The first-order chi connectivity index (χ1) is 12.0. The normalized spacial score (nSPS) is 12.0. The summed E-state index contributed by atoms with van der Waals surface area (Å²) in [6.45, 7) is 2.44. The van der Waals surface area contributed by atoms with E-state index >= 15 is 0 Å². The number of hydrogen-bond donors (Lipinski definition) is 1. The molecule has 128 valence electrons. The van der Waals surface area contributed by atoms with E-state index in [2.05, 4.69) is 29.6 Å². The van der Waals surface area contributed by atoms with Crippen LogP contribution in [0.1, 0.15) is 12.5 Å². The summed E-state index contributed by atoms with van der Waals surface area (Å²) < 4.78 is 0. The Morgan fingerprint density at radius 3 is 2.44 bits per heavy atom. The van der Waals surface area contributed by atoms with Gasteiger partial charge in [-0.05, 0) is 47.5 Å². The van der Waals surface area contributed by atoms with Gasteiger partial charge in [-0.2, -0.15) is 0 Å². The Hall–Kier alpha value is -2.52. The number of anilines is 1. The Kier molecular flexibility index (Phi) is 5.25. The van der Waals surface area contributed by atoms with Gasteiger partial charge in [-0.3, -0.25) is 4.79 Å². The third-order valence-corrected chi connectivity index (χ3v) is 4.46. The number of rotatable bonds is 5. The fraction of sp³-hybridized carbons (Fsp3) is 0.190. The highest BCUT2D eigenvalue weighted by Crippen LogP contribution is 2.20. The molecule has 3 nitrogen and oxygen atoms in total. The number of nitrogens with one attached hydrogen (secondary N) is 1. The third kappa shape index (κ3) is 4.31. The van der Waals surface area contributed by atoms with E-state index in [0.717, 1.165) is 16.6 Å². The van der Waals surface area contributed by atoms with Crippen LogP contribution in [0.4, 0.5) is 5.69 Å². The zero-order valence-corrected chi connectivity index (χ0v) is 15.1. The molecular formula is C21H21ClN2O. The van der Waals surface area contributed by atoms with Crippen molar-refractivity contribution in [1.82, 2.24) is 4.90 Å². The Bertz CT molecular complexity index is 876. The molecular weight excluding hydrogens is 332 g/mol. The summed E-state index contributed by atoms with van der Waals surface area (Å²) in [5, 5.41) is 6.34. The standard InChI is InChI=1S/C21H21ClN2O/c1-15(21(25)24(2)14-16-7-10-19(22)11-8-16)23-20-12-9-17-5-3-4-6-18(17)13-20/h3-13,15,23H,14H2,1-2H3/t15-/m0/s1.